The second kappa shape index (κ2) is 8.83. The lowest BCUT2D eigenvalue weighted by atomic mass is 9.96. The number of rotatable bonds is 6. The standard InChI is InChI=1S/C22H25ClN4O3/c1-29-17-5-3-15(20(12-17)30-2)13-24-21(28)14-7-9-27(10-8-14)22-25-18-6-4-16(23)11-19(18)26-22/h3-6,11-12,14H,7-10,13H2,1-2H3,(H,24,28)(H,25,26). The summed E-state index contributed by atoms with van der Waals surface area (Å²) in [4.78, 5) is 22.8. The van der Waals surface area contributed by atoms with E-state index in [-0.39, 0.29) is 11.8 Å². The molecule has 2 heterocycles. The van der Waals surface area contributed by atoms with E-state index in [1.807, 2.05) is 36.4 Å². The van der Waals surface area contributed by atoms with Crippen molar-refractivity contribution in [3.05, 3.63) is 47.0 Å². The van der Waals surface area contributed by atoms with E-state index >= 15 is 0 Å². The van der Waals surface area contributed by atoms with Crippen LogP contribution in [0.1, 0.15) is 18.4 Å². The zero-order valence-corrected chi connectivity index (χ0v) is 17.8. The third-order valence-electron chi connectivity index (χ3n) is 5.54. The first-order valence-corrected chi connectivity index (χ1v) is 10.3. The maximum absolute atomic E-state index is 12.7. The Morgan fingerprint density at radius 2 is 2.00 bits per heavy atom. The highest BCUT2D eigenvalue weighted by Crippen LogP contribution is 2.27. The summed E-state index contributed by atoms with van der Waals surface area (Å²) in [6.45, 7) is 1.98. The number of halogens is 1. The van der Waals surface area contributed by atoms with Gasteiger partial charge in [0.1, 0.15) is 11.5 Å². The van der Waals surface area contributed by atoms with Gasteiger partial charge in [-0.25, -0.2) is 4.98 Å². The van der Waals surface area contributed by atoms with Crippen molar-refractivity contribution in [3.63, 3.8) is 0 Å². The maximum atomic E-state index is 12.7. The molecule has 2 N–H and O–H groups in total. The molecule has 4 rings (SSSR count). The topological polar surface area (TPSA) is 79.5 Å². The molecule has 0 radical (unpaired) electrons. The van der Waals surface area contributed by atoms with Crippen LogP contribution in [0.15, 0.2) is 36.4 Å². The summed E-state index contributed by atoms with van der Waals surface area (Å²) in [6.07, 6.45) is 1.56. The fraction of sp³-hybridized carbons (Fsp3) is 0.364. The van der Waals surface area contributed by atoms with Gasteiger partial charge in [-0.1, -0.05) is 11.6 Å². The third-order valence-corrected chi connectivity index (χ3v) is 5.78. The van der Waals surface area contributed by atoms with Crippen LogP contribution in [-0.4, -0.2) is 43.2 Å². The molecular weight excluding hydrogens is 404 g/mol. The predicted octanol–water partition coefficient (Wildman–Crippen LogP) is 3.77. The van der Waals surface area contributed by atoms with Crippen molar-refractivity contribution in [1.82, 2.24) is 15.3 Å². The van der Waals surface area contributed by atoms with Gasteiger partial charge in [-0.3, -0.25) is 4.79 Å². The van der Waals surface area contributed by atoms with Gasteiger partial charge in [0, 0.05) is 42.2 Å². The van der Waals surface area contributed by atoms with Crippen molar-refractivity contribution in [1.29, 1.82) is 0 Å². The molecule has 1 saturated heterocycles. The minimum Gasteiger partial charge on any atom is -0.497 e. The van der Waals surface area contributed by atoms with Crippen LogP contribution >= 0.6 is 11.6 Å². The van der Waals surface area contributed by atoms with Gasteiger partial charge < -0.3 is 24.7 Å². The Balaban J connectivity index is 1.33. The number of aromatic amines is 1. The number of benzene rings is 2. The molecule has 1 amide bonds. The van der Waals surface area contributed by atoms with Gasteiger partial charge in [-0.15, -0.1) is 0 Å². The number of H-pyrrole nitrogens is 1. The zero-order valence-electron chi connectivity index (χ0n) is 17.1. The molecule has 7 nitrogen and oxygen atoms in total. The Bertz CT molecular complexity index is 1040. The van der Waals surface area contributed by atoms with E-state index in [1.54, 1.807) is 14.2 Å². The number of hydrogen-bond donors (Lipinski definition) is 2. The first-order chi connectivity index (χ1) is 14.6. The number of carbonyl (C=O) groups is 1. The Morgan fingerprint density at radius 1 is 1.20 bits per heavy atom. The summed E-state index contributed by atoms with van der Waals surface area (Å²) < 4.78 is 10.6. The van der Waals surface area contributed by atoms with Crippen LogP contribution in [0.3, 0.4) is 0 Å². The summed E-state index contributed by atoms with van der Waals surface area (Å²) >= 11 is 6.06. The fourth-order valence-electron chi connectivity index (χ4n) is 3.80. The smallest absolute Gasteiger partial charge is 0.223 e. The van der Waals surface area contributed by atoms with Crippen molar-refractivity contribution >= 4 is 34.5 Å². The van der Waals surface area contributed by atoms with Gasteiger partial charge in [-0.05, 0) is 43.2 Å². The number of aromatic nitrogens is 2. The van der Waals surface area contributed by atoms with Crippen molar-refractivity contribution < 1.29 is 14.3 Å². The van der Waals surface area contributed by atoms with E-state index in [9.17, 15) is 4.79 Å². The lowest BCUT2D eigenvalue weighted by Gasteiger charge is -2.31. The monoisotopic (exact) mass is 428 g/mol. The molecule has 158 valence electrons. The number of methoxy groups -OCH3 is 2. The molecule has 0 unspecified atom stereocenters. The number of piperidine rings is 1. The summed E-state index contributed by atoms with van der Waals surface area (Å²) in [5, 5.41) is 3.73. The highest BCUT2D eigenvalue weighted by atomic mass is 35.5. The molecule has 0 atom stereocenters. The Morgan fingerprint density at radius 3 is 2.73 bits per heavy atom. The maximum Gasteiger partial charge on any atom is 0.223 e. The summed E-state index contributed by atoms with van der Waals surface area (Å²) in [5.41, 5.74) is 2.73. The quantitative estimate of drug-likeness (QED) is 0.624. The lowest BCUT2D eigenvalue weighted by molar-refractivity contribution is -0.125. The second-order valence-corrected chi connectivity index (χ2v) is 7.82. The highest BCUT2D eigenvalue weighted by Gasteiger charge is 2.26. The minimum absolute atomic E-state index is 0.00989. The van der Waals surface area contributed by atoms with Crippen molar-refractivity contribution in [3.8, 4) is 11.5 Å². The van der Waals surface area contributed by atoms with E-state index in [0.29, 0.717) is 17.3 Å². The van der Waals surface area contributed by atoms with Gasteiger partial charge in [0.15, 0.2) is 0 Å². The van der Waals surface area contributed by atoms with Crippen LogP contribution in [-0.2, 0) is 11.3 Å². The molecule has 8 heteroatoms. The van der Waals surface area contributed by atoms with E-state index in [0.717, 1.165) is 54.2 Å². The van der Waals surface area contributed by atoms with E-state index in [4.69, 9.17) is 21.1 Å². The molecule has 1 aliphatic rings. The number of ether oxygens (including phenoxy) is 2. The number of carbonyl (C=O) groups excluding carboxylic acids is 1. The normalized spacial score (nSPS) is 14.7. The van der Waals surface area contributed by atoms with E-state index in [2.05, 4.69) is 20.2 Å². The molecule has 0 aliphatic carbocycles. The molecule has 3 aromatic rings. The third kappa shape index (κ3) is 4.31. The molecule has 0 spiro atoms. The summed E-state index contributed by atoms with van der Waals surface area (Å²) in [7, 11) is 3.23. The van der Waals surface area contributed by atoms with Gasteiger partial charge in [0.25, 0.3) is 0 Å². The molecule has 1 aliphatic heterocycles. The number of anilines is 1. The predicted molar refractivity (Wildman–Crippen MR) is 117 cm³/mol. The van der Waals surface area contributed by atoms with Gasteiger partial charge in [-0.2, -0.15) is 0 Å². The van der Waals surface area contributed by atoms with Gasteiger partial charge >= 0.3 is 0 Å². The number of hydrogen-bond acceptors (Lipinski definition) is 5. The van der Waals surface area contributed by atoms with Crippen LogP contribution in [0.25, 0.3) is 11.0 Å². The van der Waals surface area contributed by atoms with Crippen LogP contribution < -0.4 is 19.7 Å². The average molecular weight is 429 g/mol. The molecule has 1 aromatic heterocycles. The van der Waals surface area contributed by atoms with Crippen molar-refractivity contribution in [2.75, 3.05) is 32.2 Å². The van der Waals surface area contributed by atoms with Crippen LogP contribution in [0.4, 0.5) is 5.95 Å². The Labute approximate surface area is 180 Å². The fourth-order valence-corrected chi connectivity index (χ4v) is 3.97. The summed E-state index contributed by atoms with van der Waals surface area (Å²) in [6, 6.07) is 11.2. The average Bonchev–Trinajstić information content (AvgIpc) is 3.20. The molecule has 2 aromatic carbocycles. The lowest BCUT2D eigenvalue weighted by Crippen LogP contribution is -2.40. The van der Waals surface area contributed by atoms with Crippen LogP contribution in [0, 0.1) is 5.92 Å². The number of amides is 1. The summed E-state index contributed by atoms with van der Waals surface area (Å²) in [5.74, 6) is 2.32. The van der Waals surface area contributed by atoms with Gasteiger partial charge in [0.05, 0.1) is 25.3 Å². The first kappa shape index (κ1) is 20.3. The molecule has 30 heavy (non-hydrogen) atoms. The molecule has 1 fully saturated rings. The second-order valence-electron chi connectivity index (χ2n) is 7.38. The Kier molecular flexibility index (Phi) is 5.99. The molecular formula is C22H25ClN4O3. The van der Waals surface area contributed by atoms with Crippen molar-refractivity contribution in [2.24, 2.45) is 5.92 Å². The molecule has 0 bridgehead atoms. The number of nitrogens with zero attached hydrogens (tertiary/aromatic N) is 2. The first-order valence-electron chi connectivity index (χ1n) is 9.96. The number of imidazole rings is 1. The van der Waals surface area contributed by atoms with Gasteiger partial charge in [0.2, 0.25) is 11.9 Å². The number of fused-ring (bicyclic) bond motifs is 1. The Hall–Kier alpha value is -2.93. The largest absolute Gasteiger partial charge is 0.497 e. The van der Waals surface area contributed by atoms with E-state index in [1.165, 1.54) is 0 Å². The zero-order chi connectivity index (χ0) is 21.1. The highest BCUT2D eigenvalue weighted by molar-refractivity contribution is 6.31. The SMILES string of the molecule is COc1ccc(CNC(=O)C2CCN(c3nc4ccc(Cl)cc4[nH]3)CC2)c(OC)c1. The minimum atomic E-state index is -0.00989. The van der Waals surface area contributed by atoms with Crippen molar-refractivity contribution in [2.45, 2.75) is 19.4 Å². The van der Waals surface area contributed by atoms with Crippen LogP contribution in [0.2, 0.25) is 5.02 Å². The number of nitrogens with one attached hydrogen (secondary N) is 2. The van der Waals surface area contributed by atoms with E-state index < -0.39 is 0 Å². The molecule has 0 saturated carbocycles. The van der Waals surface area contributed by atoms with Crippen LogP contribution in [0.5, 0.6) is 11.5 Å².